The van der Waals surface area contributed by atoms with Gasteiger partial charge in [-0.2, -0.15) is 0 Å². The van der Waals surface area contributed by atoms with Crippen LogP contribution in [0.4, 0.5) is 10.8 Å². The largest absolute Gasteiger partial charge is 0.484 e. The molecular formula is C23H19N3O4S. The number of nitrogens with one attached hydrogen (secondary N) is 2. The molecule has 156 valence electrons. The Morgan fingerprint density at radius 2 is 1.35 bits per heavy atom. The molecule has 3 aromatic carbocycles. The van der Waals surface area contributed by atoms with Crippen LogP contribution in [0.1, 0.15) is 0 Å². The lowest BCUT2D eigenvalue weighted by atomic mass is 10.3. The number of para-hydroxylation sites is 2. The van der Waals surface area contributed by atoms with Crippen molar-refractivity contribution in [2.24, 2.45) is 0 Å². The Balaban J connectivity index is 1.32. The number of ether oxygens (including phenoxy) is 2. The highest BCUT2D eigenvalue weighted by molar-refractivity contribution is 7.22. The van der Waals surface area contributed by atoms with Crippen molar-refractivity contribution >= 4 is 44.2 Å². The van der Waals surface area contributed by atoms with Crippen LogP contribution >= 0.6 is 11.3 Å². The Bertz CT molecular complexity index is 1120. The molecule has 2 N–H and O–H groups in total. The predicted molar refractivity (Wildman–Crippen MR) is 121 cm³/mol. The maximum atomic E-state index is 12.1. The van der Waals surface area contributed by atoms with Gasteiger partial charge in [-0.05, 0) is 42.5 Å². The highest BCUT2D eigenvalue weighted by atomic mass is 32.1. The Hall–Kier alpha value is -3.91. The molecular weight excluding hydrogens is 414 g/mol. The smallest absolute Gasteiger partial charge is 0.264 e. The van der Waals surface area contributed by atoms with Gasteiger partial charge in [0.05, 0.1) is 10.2 Å². The summed E-state index contributed by atoms with van der Waals surface area (Å²) in [7, 11) is 0. The summed E-state index contributed by atoms with van der Waals surface area (Å²) in [6.45, 7) is -0.198. The summed E-state index contributed by atoms with van der Waals surface area (Å²) in [5.41, 5.74) is 1.35. The van der Waals surface area contributed by atoms with Crippen molar-refractivity contribution in [3.05, 3.63) is 78.9 Å². The first kappa shape index (κ1) is 20.4. The predicted octanol–water partition coefficient (Wildman–Crippen LogP) is 4.33. The molecule has 31 heavy (non-hydrogen) atoms. The van der Waals surface area contributed by atoms with Crippen LogP contribution in [0.15, 0.2) is 78.9 Å². The van der Waals surface area contributed by atoms with Gasteiger partial charge in [0.25, 0.3) is 11.8 Å². The maximum absolute atomic E-state index is 12.1. The summed E-state index contributed by atoms with van der Waals surface area (Å²) in [4.78, 5) is 28.7. The zero-order valence-electron chi connectivity index (χ0n) is 16.4. The summed E-state index contributed by atoms with van der Waals surface area (Å²) in [6.07, 6.45) is 0. The standard InChI is InChI=1S/C23H19N3O4S/c27-21(14-29-17-7-3-1-4-8-17)24-16-11-12-19-20(13-16)31-23(25-19)26-22(28)15-30-18-9-5-2-6-10-18/h1-13H,14-15H2,(H,24,27)(H,25,26,28). The second-order valence-electron chi connectivity index (χ2n) is 6.50. The Morgan fingerprint density at radius 1 is 0.774 bits per heavy atom. The molecule has 0 saturated carbocycles. The number of rotatable bonds is 8. The number of aromatic nitrogens is 1. The molecule has 1 aromatic heterocycles. The second kappa shape index (κ2) is 9.73. The van der Waals surface area contributed by atoms with Crippen molar-refractivity contribution in [3.63, 3.8) is 0 Å². The summed E-state index contributed by atoms with van der Waals surface area (Å²) < 4.78 is 11.7. The first-order chi connectivity index (χ1) is 15.2. The van der Waals surface area contributed by atoms with Crippen LogP contribution in [-0.4, -0.2) is 30.0 Å². The third-order valence-corrected chi connectivity index (χ3v) is 5.08. The van der Waals surface area contributed by atoms with E-state index < -0.39 is 0 Å². The fourth-order valence-electron chi connectivity index (χ4n) is 2.74. The first-order valence-electron chi connectivity index (χ1n) is 9.52. The quantitative estimate of drug-likeness (QED) is 0.432. The van der Waals surface area contributed by atoms with Crippen molar-refractivity contribution in [2.75, 3.05) is 23.8 Å². The van der Waals surface area contributed by atoms with Crippen LogP contribution in [0.3, 0.4) is 0 Å². The zero-order chi connectivity index (χ0) is 21.5. The molecule has 7 nitrogen and oxygen atoms in total. The normalized spacial score (nSPS) is 10.5. The average molecular weight is 433 g/mol. The fourth-order valence-corrected chi connectivity index (χ4v) is 3.66. The van der Waals surface area contributed by atoms with E-state index in [0.717, 1.165) is 10.2 Å². The van der Waals surface area contributed by atoms with Gasteiger partial charge in [-0.1, -0.05) is 47.7 Å². The van der Waals surface area contributed by atoms with Crippen LogP contribution in [0.5, 0.6) is 11.5 Å². The lowest BCUT2D eigenvalue weighted by Gasteiger charge is -2.07. The van der Waals surface area contributed by atoms with Crippen LogP contribution < -0.4 is 20.1 Å². The molecule has 1 heterocycles. The van der Waals surface area contributed by atoms with Gasteiger partial charge in [0.15, 0.2) is 18.3 Å². The minimum absolute atomic E-state index is 0.0898. The number of carbonyl (C=O) groups is 2. The van der Waals surface area contributed by atoms with Gasteiger partial charge in [-0.15, -0.1) is 0 Å². The van der Waals surface area contributed by atoms with Crippen LogP contribution in [0.25, 0.3) is 10.2 Å². The topological polar surface area (TPSA) is 89.5 Å². The van der Waals surface area contributed by atoms with Gasteiger partial charge < -0.3 is 14.8 Å². The lowest BCUT2D eigenvalue weighted by molar-refractivity contribution is -0.118. The van der Waals surface area contributed by atoms with E-state index in [9.17, 15) is 9.59 Å². The number of benzene rings is 3. The summed E-state index contributed by atoms with van der Waals surface area (Å²) in [6, 6.07) is 23.6. The number of hydrogen-bond acceptors (Lipinski definition) is 6. The SMILES string of the molecule is O=C(COc1ccccc1)Nc1ccc2nc(NC(=O)COc3ccccc3)sc2c1. The number of nitrogens with zero attached hydrogens (tertiary/aromatic N) is 1. The molecule has 0 atom stereocenters. The third kappa shape index (κ3) is 5.80. The zero-order valence-corrected chi connectivity index (χ0v) is 17.2. The van der Waals surface area contributed by atoms with Crippen LogP contribution in [0, 0.1) is 0 Å². The minimum Gasteiger partial charge on any atom is -0.484 e. The van der Waals surface area contributed by atoms with Crippen molar-refractivity contribution in [1.82, 2.24) is 4.98 Å². The summed E-state index contributed by atoms with van der Waals surface area (Å²) >= 11 is 1.32. The highest BCUT2D eigenvalue weighted by Gasteiger charge is 2.10. The van der Waals surface area contributed by atoms with E-state index in [2.05, 4.69) is 15.6 Å². The van der Waals surface area contributed by atoms with E-state index in [1.165, 1.54) is 11.3 Å². The summed E-state index contributed by atoms with van der Waals surface area (Å²) in [5.74, 6) is 0.694. The molecule has 4 aromatic rings. The molecule has 2 amide bonds. The Labute approximate surface area is 182 Å². The van der Waals surface area contributed by atoms with Gasteiger partial charge in [0.1, 0.15) is 11.5 Å². The molecule has 0 spiro atoms. The molecule has 4 rings (SSSR count). The molecule has 0 aliphatic rings. The Morgan fingerprint density at radius 3 is 1.97 bits per heavy atom. The molecule has 0 aliphatic heterocycles. The first-order valence-corrected chi connectivity index (χ1v) is 10.3. The van der Waals surface area contributed by atoms with E-state index in [0.29, 0.717) is 22.3 Å². The van der Waals surface area contributed by atoms with Crippen molar-refractivity contribution in [1.29, 1.82) is 0 Å². The number of anilines is 2. The molecule has 0 fully saturated rings. The number of hydrogen-bond donors (Lipinski definition) is 2. The fraction of sp³-hybridized carbons (Fsp3) is 0.0870. The van der Waals surface area contributed by atoms with Gasteiger partial charge >= 0.3 is 0 Å². The molecule has 8 heteroatoms. The number of thiazole rings is 1. The summed E-state index contributed by atoms with van der Waals surface area (Å²) in [5, 5.41) is 6.00. The van der Waals surface area contributed by atoms with Gasteiger partial charge in [-0.25, -0.2) is 4.98 Å². The highest BCUT2D eigenvalue weighted by Crippen LogP contribution is 2.28. The van der Waals surface area contributed by atoms with E-state index in [-0.39, 0.29) is 25.0 Å². The van der Waals surface area contributed by atoms with Crippen LogP contribution in [-0.2, 0) is 9.59 Å². The van der Waals surface area contributed by atoms with Crippen LogP contribution in [0.2, 0.25) is 0 Å². The molecule has 0 bridgehead atoms. The molecule has 0 saturated heterocycles. The molecule has 0 radical (unpaired) electrons. The van der Waals surface area contributed by atoms with Crippen molar-refractivity contribution in [2.45, 2.75) is 0 Å². The average Bonchev–Trinajstić information content (AvgIpc) is 3.19. The molecule has 0 unspecified atom stereocenters. The van der Waals surface area contributed by atoms with Crippen molar-refractivity contribution in [3.8, 4) is 11.5 Å². The monoisotopic (exact) mass is 433 g/mol. The third-order valence-electron chi connectivity index (χ3n) is 4.14. The van der Waals surface area contributed by atoms with Gasteiger partial charge in [-0.3, -0.25) is 14.9 Å². The number of fused-ring (bicyclic) bond motifs is 1. The van der Waals surface area contributed by atoms with Gasteiger partial charge in [0, 0.05) is 5.69 Å². The van der Waals surface area contributed by atoms with E-state index in [4.69, 9.17) is 9.47 Å². The van der Waals surface area contributed by atoms with E-state index in [1.807, 2.05) is 42.5 Å². The van der Waals surface area contributed by atoms with Gasteiger partial charge in [0.2, 0.25) is 0 Å². The number of amides is 2. The lowest BCUT2D eigenvalue weighted by Crippen LogP contribution is -2.20. The Kier molecular flexibility index (Phi) is 6.39. The van der Waals surface area contributed by atoms with E-state index in [1.54, 1.807) is 36.4 Å². The minimum atomic E-state index is -0.297. The van der Waals surface area contributed by atoms with E-state index >= 15 is 0 Å². The maximum Gasteiger partial charge on any atom is 0.264 e. The molecule has 0 aliphatic carbocycles. The second-order valence-corrected chi connectivity index (χ2v) is 7.53. The number of carbonyl (C=O) groups excluding carboxylic acids is 2. The van der Waals surface area contributed by atoms with Crippen molar-refractivity contribution < 1.29 is 19.1 Å².